The maximum Gasteiger partial charge on any atom is 0.0454 e. The molecular formula is C11H15Cl2NO. The van der Waals surface area contributed by atoms with Gasteiger partial charge in [-0.2, -0.15) is 0 Å². The third kappa shape index (κ3) is 3.99. The van der Waals surface area contributed by atoms with Gasteiger partial charge in [-0.3, -0.25) is 0 Å². The average molecular weight is 248 g/mol. The average Bonchev–Trinajstić information content (AvgIpc) is 2.22. The van der Waals surface area contributed by atoms with Crippen LogP contribution in [0.4, 0.5) is 0 Å². The van der Waals surface area contributed by atoms with Gasteiger partial charge < -0.3 is 10.4 Å². The van der Waals surface area contributed by atoms with Crippen molar-refractivity contribution in [1.29, 1.82) is 0 Å². The van der Waals surface area contributed by atoms with Crippen molar-refractivity contribution in [3.63, 3.8) is 0 Å². The molecule has 1 aromatic carbocycles. The Bertz CT molecular complexity index is 317. The lowest BCUT2D eigenvalue weighted by Crippen LogP contribution is -2.20. The smallest absolute Gasteiger partial charge is 0.0454 e. The standard InChI is InChI=1S/C11H15Cl2NO/c1-8(14-5-2-6-15)10-7-9(12)3-4-11(10)13/h3-4,7-8,14-15H,2,5-6H2,1H3/t8-/m0/s1. The maximum atomic E-state index is 8.66. The molecule has 0 saturated heterocycles. The van der Waals surface area contributed by atoms with Crippen molar-refractivity contribution in [1.82, 2.24) is 5.32 Å². The third-order valence-electron chi connectivity index (χ3n) is 2.21. The van der Waals surface area contributed by atoms with Crippen LogP contribution in [0.2, 0.25) is 10.0 Å². The molecule has 0 radical (unpaired) electrons. The van der Waals surface area contributed by atoms with E-state index in [-0.39, 0.29) is 12.6 Å². The molecule has 0 fully saturated rings. The molecule has 4 heteroatoms. The van der Waals surface area contributed by atoms with Gasteiger partial charge >= 0.3 is 0 Å². The molecular weight excluding hydrogens is 233 g/mol. The first kappa shape index (κ1) is 12.8. The zero-order valence-corrected chi connectivity index (χ0v) is 10.1. The fraction of sp³-hybridized carbons (Fsp3) is 0.455. The molecule has 0 aliphatic rings. The molecule has 2 nitrogen and oxygen atoms in total. The summed E-state index contributed by atoms with van der Waals surface area (Å²) in [7, 11) is 0. The van der Waals surface area contributed by atoms with Crippen LogP contribution in [0, 0.1) is 0 Å². The minimum Gasteiger partial charge on any atom is -0.396 e. The number of nitrogens with one attached hydrogen (secondary N) is 1. The Balaban J connectivity index is 2.64. The minimum absolute atomic E-state index is 0.141. The van der Waals surface area contributed by atoms with Crippen molar-refractivity contribution < 1.29 is 5.11 Å². The molecule has 15 heavy (non-hydrogen) atoms. The lowest BCUT2D eigenvalue weighted by atomic mass is 10.1. The summed E-state index contributed by atoms with van der Waals surface area (Å²) in [5, 5.41) is 13.3. The fourth-order valence-electron chi connectivity index (χ4n) is 1.35. The van der Waals surface area contributed by atoms with Crippen LogP contribution in [0.25, 0.3) is 0 Å². The van der Waals surface area contributed by atoms with Crippen molar-refractivity contribution in [2.24, 2.45) is 0 Å². The number of benzene rings is 1. The minimum atomic E-state index is 0.141. The molecule has 0 amide bonds. The number of hydrogen-bond acceptors (Lipinski definition) is 2. The summed E-state index contributed by atoms with van der Waals surface area (Å²) in [4.78, 5) is 0. The third-order valence-corrected chi connectivity index (χ3v) is 2.79. The lowest BCUT2D eigenvalue weighted by Gasteiger charge is -2.15. The molecule has 1 rings (SSSR count). The molecule has 0 aromatic heterocycles. The van der Waals surface area contributed by atoms with Gasteiger partial charge in [0.25, 0.3) is 0 Å². The summed E-state index contributed by atoms with van der Waals surface area (Å²) in [6.07, 6.45) is 0.739. The Hall–Kier alpha value is -0.280. The zero-order valence-electron chi connectivity index (χ0n) is 8.63. The van der Waals surface area contributed by atoms with Crippen LogP contribution in [0.1, 0.15) is 24.9 Å². The van der Waals surface area contributed by atoms with Crippen LogP contribution in [0.3, 0.4) is 0 Å². The predicted octanol–water partition coefficient (Wildman–Crippen LogP) is 3.03. The summed E-state index contributed by atoms with van der Waals surface area (Å²) in [6, 6.07) is 5.57. The maximum absolute atomic E-state index is 8.66. The van der Waals surface area contributed by atoms with E-state index in [1.807, 2.05) is 13.0 Å². The Morgan fingerprint density at radius 2 is 2.13 bits per heavy atom. The van der Waals surface area contributed by atoms with E-state index in [0.29, 0.717) is 10.0 Å². The Morgan fingerprint density at radius 1 is 1.40 bits per heavy atom. The number of halogens is 2. The van der Waals surface area contributed by atoms with Crippen LogP contribution in [-0.4, -0.2) is 18.3 Å². The van der Waals surface area contributed by atoms with E-state index < -0.39 is 0 Å². The van der Waals surface area contributed by atoms with E-state index in [0.717, 1.165) is 18.5 Å². The molecule has 1 atom stereocenters. The van der Waals surface area contributed by atoms with Crippen LogP contribution >= 0.6 is 23.2 Å². The second-order valence-electron chi connectivity index (χ2n) is 3.42. The molecule has 0 spiro atoms. The van der Waals surface area contributed by atoms with Gasteiger partial charge in [-0.15, -0.1) is 0 Å². The number of aliphatic hydroxyl groups excluding tert-OH is 1. The van der Waals surface area contributed by atoms with Crippen molar-refractivity contribution in [3.8, 4) is 0 Å². The molecule has 0 unspecified atom stereocenters. The Kier molecular flexibility index (Phi) is 5.40. The van der Waals surface area contributed by atoms with Crippen molar-refractivity contribution in [2.75, 3.05) is 13.2 Å². The zero-order chi connectivity index (χ0) is 11.3. The highest BCUT2D eigenvalue weighted by Crippen LogP contribution is 2.25. The van der Waals surface area contributed by atoms with Crippen molar-refractivity contribution >= 4 is 23.2 Å². The second-order valence-corrected chi connectivity index (χ2v) is 4.26. The molecule has 0 aliphatic heterocycles. The first-order chi connectivity index (χ1) is 7.15. The molecule has 84 valence electrons. The number of hydrogen-bond donors (Lipinski definition) is 2. The highest BCUT2D eigenvalue weighted by molar-refractivity contribution is 6.33. The van der Waals surface area contributed by atoms with E-state index in [2.05, 4.69) is 5.32 Å². The van der Waals surface area contributed by atoms with Gasteiger partial charge in [0, 0.05) is 22.7 Å². The monoisotopic (exact) mass is 247 g/mol. The first-order valence-corrected chi connectivity index (χ1v) is 5.70. The fourth-order valence-corrected chi connectivity index (χ4v) is 1.82. The van der Waals surface area contributed by atoms with Crippen LogP contribution in [0.5, 0.6) is 0 Å². The highest BCUT2D eigenvalue weighted by Gasteiger charge is 2.09. The molecule has 2 N–H and O–H groups in total. The summed E-state index contributed by atoms with van der Waals surface area (Å²) >= 11 is 12.0. The number of aliphatic hydroxyl groups is 1. The van der Waals surface area contributed by atoms with Crippen molar-refractivity contribution in [3.05, 3.63) is 33.8 Å². The van der Waals surface area contributed by atoms with Crippen LogP contribution < -0.4 is 5.32 Å². The van der Waals surface area contributed by atoms with Gasteiger partial charge in [-0.25, -0.2) is 0 Å². The lowest BCUT2D eigenvalue weighted by molar-refractivity contribution is 0.284. The summed E-state index contributed by atoms with van der Waals surface area (Å²) in [5.41, 5.74) is 0.988. The Morgan fingerprint density at radius 3 is 2.80 bits per heavy atom. The quantitative estimate of drug-likeness (QED) is 0.785. The van der Waals surface area contributed by atoms with Crippen LogP contribution in [0.15, 0.2) is 18.2 Å². The van der Waals surface area contributed by atoms with Crippen molar-refractivity contribution in [2.45, 2.75) is 19.4 Å². The highest BCUT2D eigenvalue weighted by atomic mass is 35.5. The van der Waals surface area contributed by atoms with Gasteiger partial charge in [-0.05, 0) is 43.7 Å². The summed E-state index contributed by atoms with van der Waals surface area (Å²) < 4.78 is 0. The predicted molar refractivity (Wildman–Crippen MR) is 64.6 cm³/mol. The Labute approximate surface area is 100 Å². The number of rotatable bonds is 5. The molecule has 1 aromatic rings. The van der Waals surface area contributed by atoms with Gasteiger partial charge in [0.05, 0.1) is 0 Å². The van der Waals surface area contributed by atoms with E-state index in [1.54, 1.807) is 12.1 Å². The van der Waals surface area contributed by atoms with Gasteiger partial charge in [-0.1, -0.05) is 23.2 Å². The van der Waals surface area contributed by atoms with Crippen LogP contribution in [-0.2, 0) is 0 Å². The van der Waals surface area contributed by atoms with Gasteiger partial charge in [0.1, 0.15) is 0 Å². The van der Waals surface area contributed by atoms with E-state index in [9.17, 15) is 0 Å². The molecule has 0 heterocycles. The van der Waals surface area contributed by atoms with Gasteiger partial charge in [0.15, 0.2) is 0 Å². The topological polar surface area (TPSA) is 32.3 Å². The summed E-state index contributed by atoms with van der Waals surface area (Å²) in [5.74, 6) is 0. The molecule has 0 aliphatic carbocycles. The second kappa shape index (κ2) is 6.33. The van der Waals surface area contributed by atoms with E-state index in [1.165, 1.54) is 0 Å². The van der Waals surface area contributed by atoms with E-state index in [4.69, 9.17) is 28.3 Å². The SMILES string of the molecule is C[C@H](NCCCO)c1cc(Cl)ccc1Cl. The first-order valence-electron chi connectivity index (χ1n) is 4.94. The van der Waals surface area contributed by atoms with Gasteiger partial charge in [0.2, 0.25) is 0 Å². The normalized spacial score (nSPS) is 12.8. The largest absolute Gasteiger partial charge is 0.396 e. The summed E-state index contributed by atoms with van der Waals surface area (Å²) in [6.45, 7) is 2.98. The molecule has 0 bridgehead atoms. The molecule has 0 saturated carbocycles. The van der Waals surface area contributed by atoms with E-state index >= 15 is 0 Å².